The Hall–Kier alpha value is -1.79. The lowest BCUT2D eigenvalue weighted by atomic mass is 10.1. The van der Waals surface area contributed by atoms with Crippen molar-refractivity contribution in [2.24, 2.45) is 5.92 Å². The molecule has 2 fully saturated rings. The second-order valence-corrected chi connectivity index (χ2v) is 6.87. The van der Waals surface area contributed by atoms with Gasteiger partial charge in [-0.1, -0.05) is 17.3 Å². The molecule has 24 heavy (non-hydrogen) atoms. The van der Waals surface area contributed by atoms with E-state index >= 15 is 0 Å². The average molecular weight is 331 g/mol. The molecule has 0 unspecified atom stereocenters. The zero-order chi connectivity index (χ0) is 16.5. The molecule has 4 rings (SSSR count). The number of ether oxygens (including phenoxy) is 1. The summed E-state index contributed by atoms with van der Waals surface area (Å²) in [4.78, 5) is 6.88. The number of hydrogen-bond donors (Lipinski definition) is 0. The summed E-state index contributed by atoms with van der Waals surface area (Å²) in [5.41, 5.74) is 1.26. The third-order valence-corrected chi connectivity index (χ3v) is 4.82. The van der Waals surface area contributed by atoms with Gasteiger partial charge in [-0.05, 0) is 43.7 Å². The molecular formula is C18H22FN3O2. The Balaban J connectivity index is 1.45. The molecule has 1 aliphatic heterocycles. The van der Waals surface area contributed by atoms with E-state index in [0.717, 1.165) is 26.2 Å². The Labute approximate surface area is 140 Å². The summed E-state index contributed by atoms with van der Waals surface area (Å²) in [6.07, 6.45) is 3.59. The summed E-state index contributed by atoms with van der Waals surface area (Å²) in [6.45, 7) is 5.12. The fourth-order valence-corrected chi connectivity index (χ4v) is 3.18. The van der Waals surface area contributed by atoms with Crippen LogP contribution in [-0.2, 0) is 11.3 Å². The second-order valence-electron chi connectivity index (χ2n) is 6.87. The van der Waals surface area contributed by atoms with Gasteiger partial charge in [0.05, 0.1) is 13.2 Å². The normalized spacial score (nSPS) is 20.9. The van der Waals surface area contributed by atoms with E-state index in [1.165, 1.54) is 18.9 Å². The van der Waals surface area contributed by atoms with Crippen molar-refractivity contribution in [3.8, 4) is 11.4 Å². The first-order chi connectivity index (χ1) is 11.7. The number of hydrogen-bond acceptors (Lipinski definition) is 5. The van der Waals surface area contributed by atoms with E-state index in [2.05, 4.69) is 15.0 Å². The van der Waals surface area contributed by atoms with Crippen LogP contribution in [-0.4, -0.2) is 40.8 Å². The minimum atomic E-state index is -0.250. The Morgan fingerprint density at radius 3 is 2.88 bits per heavy atom. The molecular weight excluding hydrogens is 309 g/mol. The van der Waals surface area contributed by atoms with E-state index in [4.69, 9.17) is 9.26 Å². The molecule has 0 N–H and O–H groups in total. The maximum absolute atomic E-state index is 13.7. The lowest BCUT2D eigenvalue weighted by Gasteiger charge is -2.22. The van der Waals surface area contributed by atoms with Gasteiger partial charge in [-0.15, -0.1) is 0 Å². The third-order valence-electron chi connectivity index (χ3n) is 4.82. The zero-order valence-corrected chi connectivity index (χ0v) is 13.9. The number of benzene rings is 1. The van der Waals surface area contributed by atoms with Crippen LogP contribution in [0.1, 0.15) is 30.7 Å². The van der Waals surface area contributed by atoms with Crippen LogP contribution in [0.3, 0.4) is 0 Å². The quantitative estimate of drug-likeness (QED) is 0.814. The molecule has 0 spiro atoms. The first-order valence-electron chi connectivity index (χ1n) is 8.60. The highest BCUT2D eigenvalue weighted by atomic mass is 19.1. The summed E-state index contributed by atoms with van der Waals surface area (Å²) in [6, 6.07) is 5.63. The van der Waals surface area contributed by atoms with Gasteiger partial charge in [0.1, 0.15) is 5.82 Å². The minimum Gasteiger partial charge on any atom is -0.381 e. The topological polar surface area (TPSA) is 51.4 Å². The van der Waals surface area contributed by atoms with Gasteiger partial charge in [0.15, 0.2) is 0 Å². The van der Waals surface area contributed by atoms with Gasteiger partial charge in [0.25, 0.3) is 0 Å². The molecule has 1 saturated carbocycles. The minimum absolute atomic E-state index is 0.250. The number of aryl methyl sites for hydroxylation is 1. The predicted molar refractivity (Wildman–Crippen MR) is 86.8 cm³/mol. The lowest BCUT2D eigenvalue weighted by molar-refractivity contribution is 0.153. The molecule has 1 aromatic heterocycles. The molecule has 1 saturated heterocycles. The van der Waals surface area contributed by atoms with Gasteiger partial charge < -0.3 is 9.26 Å². The highest BCUT2D eigenvalue weighted by Crippen LogP contribution is 2.30. The molecule has 0 radical (unpaired) electrons. The Bertz CT molecular complexity index is 708. The van der Waals surface area contributed by atoms with E-state index in [0.29, 0.717) is 41.3 Å². The van der Waals surface area contributed by atoms with Crippen molar-refractivity contribution in [2.45, 2.75) is 38.8 Å². The van der Waals surface area contributed by atoms with Crippen molar-refractivity contribution in [1.82, 2.24) is 15.0 Å². The molecule has 128 valence electrons. The molecule has 1 atom stereocenters. The maximum atomic E-state index is 13.7. The first-order valence-corrected chi connectivity index (χ1v) is 8.60. The van der Waals surface area contributed by atoms with Crippen LogP contribution in [0, 0.1) is 18.7 Å². The number of aromatic nitrogens is 2. The van der Waals surface area contributed by atoms with Crippen LogP contribution in [0.2, 0.25) is 0 Å². The molecule has 2 aromatic rings. The number of nitrogens with zero attached hydrogens (tertiary/aromatic N) is 3. The van der Waals surface area contributed by atoms with Crippen molar-refractivity contribution in [2.75, 3.05) is 19.8 Å². The van der Waals surface area contributed by atoms with Crippen molar-refractivity contribution in [1.29, 1.82) is 0 Å². The highest BCUT2D eigenvalue weighted by molar-refractivity contribution is 5.54. The van der Waals surface area contributed by atoms with Crippen LogP contribution in [0.15, 0.2) is 22.7 Å². The van der Waals surface area contributed by atoms with Crippen molar-refractivity contribution >= 4 is 0 Å². The number of rotatable bonds is 6. The van der Waals surface area contributed by atoms with Gasteiger partial charge >= 0.3 is 0 Å². The van der Waals surface area contributed by atoms with Crippen LogP contribution >= 0.6 is 0 Å². The predicted octanol–water partition coefficient (Wildman–Crippen LogP) is 3.19. The SMILES string of the molecule is Cc1ccc(-c2noc(CN(C[C@H]3CCOC3)C3CC3)n2)cc1F. The van der Waals surface area contributed by atoms with Crippen molar-refractivity contribution in [3.63, 3.8) is 0 Å². The molecule has 0 bridgehead atoms. The van der Waals surface area contributed by atoms with E-state index in [-0.39, 0.29) is 5.82 Å². The summed E-state index contributed by atoms with van der Waals surface area (Å²) >= 11 is 0. The highest BCUT2D eigenvalue weighted by Gasteiger charge is 2.32. The number of halogens is 1. The molecule has 2 aliphatic rings. The van der Waals surface area contributed by atoms with E-state index in [1.807, 2.05) is 6.07 Å². The summed E-state index contributed by atoms with van der Waals surface area (Å²) in [5, 5.41) is 4.02. The smallest absolute Gasteiger partial charge is 0.241 e. The Kier molecular flexibility index (Phi) is 4.33. The lowest BCUT2D eigenvalue weighted by Crippen LogP contribution is -2.31. The molecule has 2 heterocycles. The molecule has 1 aliphatic carbocycles. The monoisotopic (exact) mass is 331 g/mol. The maximum Gasteiger partial charge on any atom is 0.241 e. The summed E-state index contributed by atoms with van der Waals surface area (Å²) in [7, 11) is 0. The van der Waals surface area contributed by atoms with E-state index in [1.54, 1.807) is 13.0 Å². The third kappa shape index (κ3) is 3.49. The average Bonchev–Trinajstić information content (AvgIpc) is 3.10. The first kappa shape index (κ1) is 15.7. The zero-order valence-electron chi connectivity index (χ0n) is 13.9. The summed E-state index contributed by atoms with van der Waals surface area (Å²) in [5.74, 6) is 1.39. The van der Waals surface area contributed by atoms with Gasteiger partial charge in [0.2, 0.25) is 11.7 Å². The van der Waals surface area contributed by atoms with Crippen LogP contribution in [0.4, 0.5) is 4.39 Å². The van der Waals surface area contributed by atoms with E-state index in [9.17, 15) is 4.39 Å². The Morgan fingerprint density at radius 1 is 1.29 bits per heavy atom. The molecule has 6 heteroatoms. The molecule has 0 amide bonds. The largest absolute Gasteiger partial charge is 0.381 e. The van der Waals surface area contributed by atoms with Gasteiger partial charge in [-0.25, -0.2) is 4.39 Å². The molecule has 5 nitrogen and oxygen atoms in total. The fraction of sp³-hybridized carbons (Fsp3) is 0.556. The van der Waals surface area contributed by atoms with Crippen molar-refractivity contribution < 1.29 is 13.7 Å². The standard InChI is InChI=1S/C18H22FN3O2/c1-12-2-3-14(8-16(12)19)18-20-17(24-21-18)10-22(15-4-5-15)9-13-6-7-23-11-13/h2-3,8,13,15H,4-7,9-11H2,1H3/t13-/m1/s1. The van der Waals surface area contributed by atoms with Gasteiger partial charge in [-0.2, -0.15) is 4.98 Å². The van der Waals surface area contributed by atoms with Crippen LogP contribution in [0.5, 0.6) is 0 Å². The Morgan fingerprint density at radius 2 is 2.17 bits per heavy atom. The van der Waals surface area contributed by atoms with E-state index < -0.39 is 0 Å². The fourth-order valence-electron chi connectivity index (χ4n) is 3.18. The van der Waals surface area contributed by atoms with Gasteiger partial charge in [0, 0.05) is 24.8 Å². The second kappa shape index (κ2) is 6.61. The van der Waals surface area contributed by atoms with Gasteiger partial charge in [-0.3, -0.25) is 4.90 Å². The van der Waals surface area contributed by atoms with Crippen molar-refractivity contribution in [3.05, 3.63) is 35.5 Å². The van der Waals surface area contributed by atoms with Crippen LogP contribution < -0.4 is 0 Å². The van der Waals surface area contributed by atoms with Crippen LogP contribution in [0.25, 0.3) is 11.4 Å². The summed E-state index contributed by atoms with van der Waals surface area (Å²) < 4.78 is 24.6. The molecule has 1 aromatic carbocycles.